The second-order valence-corrected chi connectivity index (χ2v) is 4.39. The molecular formula is C14H22S. The summed E-state index contributed by atoms with van der Waals surface area (Å²) < 4.78 is 0. The molecule has 0 aliphatic rings. The molecule has 0 aromatic heterocycles. The van der Waals surface area contributed by atoms with E-state index in [1.165, 1.54) is 16.0 Å². The number of hydrogen-bond acceptors (Lipinski definition) is 1. The van der Waals surface area contributed by atoms with Gasteiger partial charge in [0.2, 0.25) is 0 Å². The van der Waals surface area contributed by atoms with E-state index in [0.717, 1.165) is 25.7 Å². The molecule has 84 valence electrons. The van der Waals surface area contributed by atoms with Gasteiger partial charge in [-0.3, -0.25) is 0 Å². The smallest absolute Gasteiger partial charge is 0.00776 e. The highest BCUT2D eigenvalue weighted by atomic mass is 32.1. The third-order valence-corrected chi connectivity index (χ3v) is 3.58. The zero-order chi connectivity index (χ0) is 11.4. The second kappa shape index (κ2) is 5.60. The lowest BCUT2D eigenvalue weighted by Gasteiger charge is -2.18. The highest BCUT2D eigenvalue weighted by Gasteiger charge is 2.11. The van der Waals surface area contributed by atoms with Crippen LogP contribution in [0, 0.1) is 0 Å². The quantitative estimate of drug-likeness (QED) is 0.724. The van der Waals surface area contributed by atoms with Crippen molar-refractivity contribution in [1.82, 2.24) is 0 Å². The molecule has 0 heterocycles. The third-order valence-electron chi connectivity index (χ3n) is 3.18. The topological polar surface area (TPSA) is 0 Å². The molecule has 0 nitrogen and oxygen atoms in total. The molecule has 0 atom stereocenters. The molecule has 0 unspecified atom stereocenters. The maximum Gasteiger partial charge on any atom is 0.00776 e. The standard InChI is InChI=1S/C14H22S/c1-5-10-9-14(15)13(8-4)12(7-3)11(10)6-2/h9,15H,5-8H2,1-4H3. The van der Waals surface area contributed by atoms with Crippen LogP contribution < -0.4 is 0 Å². The molecule has 0 saturated heterocycles. The molecule has 0 bridgehead atoms. The van der Waals surface area contributed by atoms with Crippen LogP contribution in [0.15, 0.2) is 11.0 Å². The van der Waals surface area contributed by atoms with Gasteiger partial charge in [0.25, 0.3) is 0 Å². The van der Waals surface area contributed by atoms with E-state index in [0.29, 0.717) is 0 Å². The van der Waals surface area contributed by atoms with Crippen LogP contribution in [-0.4, -0.2) is 0 Å². The van der Waals surface area contributed by atoms with Crippen LogP contribution in [0.3, 0.4) is 0 Å². The molecule has 1 aromatic rings. The minimum atomic E-state index is 1.10. The van der Waals surface area contributed by atoms with Gasteiger partial charge in [0.15, 0.2) is 0 Å². The Morgan fingerprint density at radius 1 is 0.800 bits per heavy atom. The third kappa shape index (κ3) is 2.39. The summed E-state index contributed by atoms with van der Waals surface area (Å²) in [6, 6.07) is 2.26. The summed E-state index contributed by atoms with van der Waals surface area (Å²) in [4.78, 5) is 1.18. The first kappa shape index (κ1) is 12.6. The predicted molar refractivity (Wildman–Crippen MR) is 71.2 cm³/mol. The Morgan fingerprint density at radius 3 is 1.73 bits per heavy atom. The van der Waals surface area contributed by atoms with Gasteiger partial charge in [0.1, 0.15) is 0 Å². The Balaban J connectivity index is 3.44. The molecule has 0 aliphatic carbocycles. The molecule has 0 spiro atoms. The van der Waals surface area contributed by atoms with Crippen LogP contribution in [0.25, 0.3) is 0 Å². The largest absolute Gasteiger partial charge is 0.143 e. The van der Waals surface area contributed by atoms with Crippen molar-refractivity contribution < 1.29 is 0 Å². The summed E-state index contributed by atoms with van der Waals surface area (Å²) in [5.41, 5.74) is 6.05. The molecule has 0 saturated carbocycles. The van der Waals surface area contributed by atoms with Crippen LogP contribution in [0.4, 0.5) is 0 Å². The van der Waals surface area contributed by atoms with E-state index >= 15 is 0 Å². The van der Waals surface area contributed by atoms with E-state index in [-0.39, 0.29) is 0 Å². The van der Waals surface area contributed by atoms with Crippen LogP contribution in [0.5, 0.6) is 0 Å². The van der Waals surface area contributed by atoms with Crippen LogP contribution in [0.2, 0.25) is 0 Å². The first-order valence-corrected chi connectivity index (χ1v) is 6.49. The summed E-state index contributed by atoms with van der Waals surface area (Å²) in [5.74, 6) is 0. The van der Waals surface area contributed by atoms with Crippen molar-refractivity contribution in [2.24, 2.45) is 0 Å². The lowest BCUT2D eigenvalue weighted by atomic mass is 9.90. The zero-order valence-corrected chi connectivity index (χ0v) is 11.2. The van der Waals surface area contributed by atoms with E-state index in [2.05, 4.69) is 46.4 Å². The minimum Gasteiger partial charge on any atom is -0.143 e. The molecule has 1 rings (SSSR count). The van der Waals surface area contributed by atoms with Gasteiger partial charge in [-0.05, 0) is 54.0 Å². The van der Waals surface area contributed by atoms with Crippen molar-refractivity contribution in [2.75, 3.05) is 0 Å². The molecule has 1 heteroatoms. The van der Waals surface area contributed by atoms with Gasteiger partial charge in [-0.2, -0.15) is 0 Å². The van der Waals surface area contributed by atoms with Crippen molar-refractivity contribution >= 4 is 12.6 Å². The molecule has 0 N–H and O–H groups in total. The Kier molecular flexibility index (Phi) is 4.72. The molecule has 0 radical (unpaired) electrons. The lowest BCUT2D eigenvalue weighted by Crippen LogP contribution is -2.03. The fourth-order valence-electron chi connectivity index (χ4n) is 2.45. The summed E-state index contributed by atoms with van der Waals surface area (Å²) in [5, 5.41) is 0. The first-order chi connectivity index (χ1) is 7.19. The van der Waals surface area contributed by atoms with Crippen molar-refractivity contribution in [1.29, 1.82) is 0 Å². The van der Waals surface area contributed by atoms with E-state index in [9.17, 15) is 0 Å². The van der Waals surface area contributed by atoms with Crippen LogP contribution in [0.1, 0.15) is 49.9 Å². The normalized spacial score (nSPS) is 10.7. The highest BCUT2D eigenvalue weighted by Crippen LogP contribution is 2.28. The van der Waals surface area contributed by atoms with Gasteiger partial charge in [-0.25, -0.2) is 0 Å². The molecule has 0 fully saturated rings. The van der Waals surface area contributed by atoms with Crippen molar-refractivity contribution in [3.63, 3.8) is 0 Å². The predicted octanol–water partition coefficient (Wildman–Crippen LogP) is 4.22. The summed E-state index contributed by atoms with van der Waals surface area (Å²) >= 11 is 4.61. The fourth-order valence-corrected chi connectivity index (χ4v) is 2.90. The number of thiol groups is 1. The highest BCUT2D eigenvalue weighted by molar-refractivity contribution is 7.80. The molecule has 15 heavy (non-hydrogen) atoms. The zero-order valence-electron chi connectivity index (χ0n) is 10.4. The van der Waals surface area contributed by atoms with Gasteiger partial charge >= 0.3 is 0 Å². The SMILES string of the molecule is CCc1cc(S)c(CC)c(CC)c1CC. The van der Waals surface area contributed by atoms with Crippen molar-refractivity contribution in [3.8, 4) is 0 Å². The maximum atomic E-state index is 4.61. The van der Waals surface area contributed by atoms with Gasteiger partial charge in [0.05, 0.1) is 0 Å². The molecule has 1 aromatic carbocycles. The van der Waals surface area contributed by atoms with Gasteiger partial charge in [0, 0.05) is 4.90 Å². The summed E-state index contributed by atoms with van der Waals surface area (Å²) in [6.07, 6.45) is 4.49. The Labute approximate surface area is 99.5 Å². The van der Waals surface area contributed by atoms with E-state index in [1.807, 2.05) is 0 Å². The monoisotopic (exact) mass is 222 g/mol. The van der Waals surface area contributed by atoms with Gasteiger partial charge in [-0.15, -0.1) is 12.6 Å². The number of aryl methyl sites for hydroxylation is 1. The number of benzene rings is 1. The lowest BCUT2D eigenvalue weighted by molar-refractivity contribution is 0.918. The fraction of sp³-hybridized carbons (Fsp3) is 0.571. The number of rotatable bonds is 4. The van der Waals surface area contributed by atoms with E-state index in [1.54, 1.807) is 11.1 Å². The van der Waals surface area contributed by atoms with E-state index in [4.69, 9.17) is 0 Å². The van der Waals surface area contributed by atoms with Gasteiger partial charge in [-0.1, -0.05) is 27.7 Å². The summed E-state index contributed by atoms with van der Waals surface area (Å²) in [7, 11) is 0. The molecular weight excluding hydrogens is 200 g/mol. The Hall–Kier alpha value is -0.430. The van der Waals surface area contributed by atoms with Crippen LogP contribution in [-0.2, 0) is 25.7 Å². The second-order valence-electron chi connectivity index (χ2n) is 3.90. The van der Waals surface area contributed by atoms with Crippen molar-refractivity contribution in [2.45, 2.75) is 58.3 Å². The maximum absolute atomic E-state index is 4.61. The number of hydrogen-bond donors (Lipinski definition) is 1. The molecule has 0 amide bonds. The average molecular weight is 222 g/mol. The minimum absolute atomic E-state index is 1.10. The summed E-state index contributed by atoms with van der Waals surface area (Å²) in [6.45, 7) is 8.96. The van der Waals surface area contributed by atoms with Gasteiger partial charge < -0.3 is 0 Å². The Morgan fingerprint density at radius 2 is 1.33 bits per heavy atom. The Bertz CT molecular complexity index is 340. The van der Waals surface area contributed by atoms with Crippen LogP contribution >= 0.6 is 12.6 Å². The first-order valence-electron chi connectivity index (χ1n) is 6.04. The van der Waals surface area contributed by atoms with E-state index < -0.39 is 0 Å². The average Bonchev–Trinajstić information content (AvgIpc) is 2.27. The molecule has 0 aliphatic heterocycles. The van der Waals surface area contributed by atoms with Crippen molar-refractivity contribution in [3.05, 3.63) is 28.3 Å².